The average Bonchev–Trinajstić information content (AvgIpc) is 3.46. The van der Waals surface area contributed by atoms with Crippen molar-refractivity contribution in [3.63, 3.8) is 0 Å². The number of benzene rings is 9. The van der Waals surface area contributed by atoms with Gasteiger partial charge in [-0.15, -0.1) is 0 Å². The Kier molecular flexibility index (Phi) is 22.9. The molecule has 0 saturated carbocycles. The van der Waals surface area contributed by atoms with Crippen LogP contribution in [-0.4, -0.2) is 23.4 Å². The fourth-order valence-electron chi connectivity index (χ4n) is 7.31. The van der Waals surface area contributed by atoms with Crippen LogP contribution in [0.3, 0.4) is 0 Å². The fraction of sp³-hybridized carbons (Fsp3) is 0.176. The Hall–Kier alpha value is -8.64. The summed E-state index contributed by atoms with van der Waals surface area (Å²) in [6, 6.07) is 77.4. The second-order valence-electron chi connectivity index (χ2n) is 19.9. The summed E-state index contributed by atoms with van der Waals surface area (Å²) in [5.41, 5.74) is 13.3. The number of nitrogens with one attached hydrogen (secondary N) is 2. The van der Waals surface area contributed by atoms with Crippen LogP contribution in [0, 0.1) is 6.92 Å². The Morgan fingerprint density at radius 3 is 1.09 bits per heavy atom. The third-order valence-corrected chi connectivity index (χ3v) is 11.7. The lowest BCUT2D eigenvalue weighted by atomic mass is 10.0. The molecule has 0 bridgehead atoms. The maximum absolute atomic E-state index is 11.8. The van der Waals surface area contributed by atoms with E-state index in [0.717, 1.165) is 83.5 Å². The van der Waals surface area contributed by atoms with Crippen molar-refractivity contribution in [3.8, 4) is 56.8 Å². The van der Waals surface area contributed by atoms with Gasteiger partial charge in [-0.1, -0.05) is 186 Å². The molecule has 0 aliphatic rings. The van der Waals surface area contributed by atoms with Crippen LogP contribution in [0.1, 0.15) is 63.8 Å². The molecule has 0 aromatic heterocycles. The first-order valence-electron chi connectivity index (χ1n) is 26.0. The molecule has 0 radical (unpaired) electrons. The van der Waals surface area contributed by atoms with Crippen molar-refractivity contribution in [2.24, 2.45) is 5.73 Å². The number of carbonyl (C=O) groups excluding carboxylic acids is 2. The van der Waals surface area contributed by atoms with E-state index >= 15 is 0 Å². The van der Waals surface area contributed by atoms with E-state index in [1.165, 1.54) is 0 Å². The standard InChI is InChI=1S/C24H25NO3.C19H17NO.C13H12O.C12H16BrNO2/c1-24(2,3)28-23(26)25-17-18-13-15-19(16-14-18)21-11-7-8-12-22(21)27-20-9-5-4-6-10-20;20-14-15-10-12-16(13-11-15)18-8-4-5-9-19(18)21-17-6-2-1-3-7-17;1-11-7-5-6-10-13(11)14-12-8-3-2-4-9-12;1-12(2,3)16-11(15)14-8-9-4-6-10(13)7-5-9/h4-16H,17H2,1-3H3,(H,25,26);1-13H,14,20H2;2-10H,1H3;4-7H,8H2,1-3H3,(H,14,15). The first kappa shape index (κ1) is 59.6. The van der Waals surface area contributed by atoms with E-state index in [4.69, 9.17) is 29.4 Å². The van der Waals surface area contributed by atoms with Gasteiger partial charge in [-0.25, -0.2) is 9.59 Å². The lowest BCUT2D eigenvalue weighted by Crippen LogP contribution is -2.32. The summed E-state index contributed by atoms with van der Waals surface area (Å²) in [5, 5.41) is 5.47. The SMILES string of the molecule is CC(C)(C)OC(=O)NCc1ccc(-c2ccccc2Oc2ccccc2)cc1.CC(C)(C)OC(=O)NCc1ccc(Br)cc1.Cc1ccccc1Oc1ccccc1.NCc1ccc(-c2ccccc2Oc2ccccc2)cc1. The predicted molar refractivity (Wildman–Crippen MR) is 323 cm³/mol. The molecule has 0 spiro atoms. The number of amides is 2. The Labute approximate surface area is 474 Å². The highest BCUT2D eigenvalue weighted by molar-refractivity contribution is 9.10. The molecule has 9 aromatic rings. The number of carbonyl (C=O) groups is 2. The van der Waals surface area contributed by atoms with Gasteiger partial charge in [0, 0.05) is 35.2 Å². The van der Waals surface area contributed by atoms with E-state index < -0.39 is 23.4 Å². The minimum atomic E-state index is -0.504. The van der Waals surface area contributed by atoms with E-state index in [1.54, 1.807) is 0 Å². The molecule has 0 aliphatic carbocycles. The molecule has 0 fully saturated rings. The van der Waals surface area contributed by atoms with Gasteiger partial charge in [-0.05, 0) is 149 Å². The maximum Gasteiger partial charge on any atom is 0.407 e. The number of nitrogens with two attached hydrogens (primary N) is 1. The van der Waals surface area contributed by atoms with Gasteiger partial charge in [-0.2, -0.15) is 0 Å². The quantitative estimate of drug-likeness (QED) is 0.104. The van der Waals surface area contributed by atoms with Crippen LogP contribution < -0.4 is 30.6 Å². The summed E-state index contributed by atoms with van der Waals surface area (Å²) in [7, 11) is 0. The van der Waals surface area contributed by atoms with Gasteiger partial charge >= 0.3 is 12.2 Å². The number of hydrogen-bond donors (Lipinski definition) is 3. The van der Waals surface area contributed by atoms with Crippen LogP contribution in [0.25, 0.3) is 22.3 Å². The van der Waals surface area contributed by atoms with Gasteiger partial charge in [0.25, 0.3) is 0 Å². The van der Waals surface area contributed by atoms with Crippen LogP contribution in [0.15, 0.2) is 241 Å². The molecule has 406 valence electrons. The molecule has 0 saturated heterocycles. The van der Waals surface area contributed by atoms with Gasteiger partial charge < -0.3 is 40.1 Å². The second-order valence-corrected chi connectivity index (χ2v) is 20.9. The highest BCUT2D eigenvalue weighted by Gasteiger charge is 2.17. The number of alkyl carbamates (subject to hydrolysis) is 2. The first-order chi connectivity index (χ1) is 38.0. The molecule has 79 heavy (non-hydrogen) atoms. The Balaban J connectivity index is 0.000000176. The molecule has 10 nitrogen and oxygen atoms in total. The summed E-state index contributed by atoms with van der Waals surface area (Å²) in [6.45, 7) is 14.5. The predicted octanol–water partition coefficient (Wildman–Crippen LogP) is 18.0. The third kappa shape index (κ3) is 21.7. The zero-order valence-electron chi connectivity index (χ0n) is 46.0. The van der Waals surface area contributed by atoms with Gasteiger partial charge in [0.15, 0.2) is 0 Å². The highest BCUT2D eigenvalue weighted by atomic mass is 79.9. The van der Waals surface area contributed by atoms with Gasteiger partial charge in [0.2, 0.25) is 0 Å². The van der Waals surface area contributed by atoms with Crippen molar-refractivity contribution in [3.05, 3.63) is 263 Å². The first-order valence-corrected chi connectivity index (χ1v) is 26.8. The highest BCUT2D eigenvalue weighted by Crippen LogP contribution is 2.35. The smallest absolute Gasteiger partial charge is 0.407 e. The second kappa shape index (κ2) is 30.3. The summed E-state index contributed by atoms with van der Waals surface area (Å²) >= 11 is 3.35. The number of para-hydroxylation sites is 6. The van der Waals surface area contributed by atoms with E-state index in [1.807, 2.05) is 255 Å². The fourth-order valence-corrected chi connectivity index (χ4v) is 7.57. The molecule has 0 heterocycles. The summed E-state index contributed by atoms with van der Waals surface area (Å²) < 4.78 is 29.2. The summed E-state index contributed by atoms with van der Waals surface area (Å²) in [5.74, 6) is 5.08. The van der Waals surface area contributed by atoms with Crippen molar-refractivity contribution >= 4 is 28.1 Å². The van der Waals surface area contributed by atoms with Crippen LogP contribution in [0.4, 0.5) is 9.59 Å². The van der Waals surface area contributed by atoms with E-state index in [0.29, 0.717) is 19.6 Å². The monoisotopic (exact) mass is 1120 g/mol. The van der Waals surface area contributed by atoms with E-state index in [2.05, 4.69) is 56.9 Å². The van der Waals surface area contributed by atoms with Crippen LogP contribution in [0.2, 0.25) is 0 Å². The van der Waals surface area contributed by atoms with Gasteiger partial charge in [-0.3, -0.25) is 0 Å². The zero-order chi connectivity index (χ0) is 56.5. The third-order valence-electron chi connectivity index (χ3n) is 11.1. The van der Waals surface area contributed by atoms with Crippen molar-refractivity contribution in [1.29, 1.82) is 0 Å². The topological polar surface area (TPSA) is 130 Å². The molecule has 4 N–H and O–H groups in total. The summed E-state index contributed by atoms with van der Waals surface area (Å²) in [6.07, 6.45) is -0.811. The van der Waals surface area contributed by atoms with Crippen molar-refractivity contribution in [1.82, 2.24) is 10.6 Å². The van der Waals surface area contributed by atoms with Crippen LogP contribution >= 0.6 is 15.9 Å². The van der Waals surface area contributed by atoms with E-state index in [9.17, 15) is 9.59 Å². The largest absolute Gasteiger partial charge is 0.457 e. The molecule has 0 atom stereocenters. The molecule has 9 aromatic carbocycles. The zero-order valence-corrected chi connectivity index (χ0v) is 47.5. The Morgan fingerprint density at radius 1 is 0.405 bits per heavy atom. The van der Waals surface area contributed by atoms with Crippen LogP contribution in [0.5, 0.6) is 34.5 Å². The maximum atomic E-state index is 11.8. The molecule has 0 unspecified atom stereocenters. The number of hydrogen-bond acceptors (Lipinski definition) is 8. The summed E-state index contributed by atoms with van der Waals surface area (Å²) in [4.78, 5) is 23.1. The number of aryl methyl sites for hydroxylation is 1. The number of rotatable bonds is 13. The van der Waals surface area contributed by atoms with E-state index in [-0.39, 0.29) is 0 Å². The molecule has 0 aliphatic heterocycles. The molecule has 9 rings (SSSR count). The Morgan fingerprint density at radius 2 is 0.722 bits per heavy atom. The molecular formula is C68H70BrN3O7. The molecule has 11 heteroatoms. The minimum Gasteiger partial charge on any atom is -0.457 e. The molecule has 2 amide bonds. The van der Waals surface area contributed by atoms with Gasteiger partial charge in [0.1, 0.15) is 45.7 Å². The number of ether oxygens (including phenoxy) is 5. The van der Waals surface area contributed by atoms with Crippen molar-refractivity contribution in [2.75, 3.05) is 0 Å². The average molecular weight is 1120 g/mol. The minimum absolute atomic E-state index is 0.393. The molecular weight excluding hydrogens is 1050 g/mol. The number of halogens is 1. The van der Waals surface area contributed by atoms with Gasteiger partial charge in [0.05, 0.1) is 0 Å². The lowest BCUT2D eigenvalue weighted by molar-refractivity contribution is 0.0512. The lowest BCUT2D eigenvalue weighted by Gasteiger charge is -2.19. The van der Waals surface area contributed by atoms with Crippen molar-refractivity contribution in [2.45, 2.75) is 79.3 Å². The normalized spacial score (nSPS) is 10.6. The van der Waals surface area contributed by atoms with Crippen LogP contribution in [-0.2, 0) is 29.1 Å². The Bertz CT molecular complexity index is 3240. The van der Waals surface area contributed by atoms with Crippen molar-refractivity contribution < 1.29 is 33.3 Å².